The van der Waals surface area contributed by atoms with Gasteiger partial charge < -0.3 is 0 Å². The second-order valence-corrected chi connectivity index (χ2v) is 21.6. The molecule has 0 N–H and O–H groups in total. The van der Waals surface area contributed by atoms with Crippen LogP contribution < -0.4 is 0 Å². The normalized spacial score (nSPS) is 15.2. The molecule has 0 heteroatoms. The van der Waals surface area contributed by atoms with Gasteiger partial charge in [-0.2, -0.15) is 0 Å². The Kier molecular flexibility index (Phi) is 8.25. The summed E-state index contributed by atoms with van der Waals surface area (Å²) >= 11 is 0. The summed E-state index contributed by atoms with van der Waals surface area (Å²) in [7, 11) is 0. The summed E-state index contributed by atoms with van der Waals surface area (Å²) in [6, 6.07) is 78.8. The first-order valence-electron chi connectivity index (χ1n) is 24.7. The average Bonchev–Trinajstić information content (AvgIpc) is 3.86. The maximum Gasteiger partial charge on any atom is 0.0159 e. The van der Waals surface area contributed by atoms with Gasteiger partial charge in [-0.1, -0.05) is 217 Å². The van der Waals surface area contributed by atoms with E-state index in [1.165, 1.54) is 144 Å². The number of hydrogen-bond acceptors (Lipinski definition) is 0. The summed E-state index contributed by atoms with van der Waals surface area (Å²) in [5.41, 5.74) is 26.2. The zero-order valence-electron chi connectivity index (χ0n) is 40.1. The van der Waals surface area contributed by atoms with Crippen LogP contribution in [0.4, 0.5) is 0 Å². The van der Waals surface area contributed by atoms with Crippen LogP contribution in [0.3, 0.4) is 0 Å². The van der Waals surface area contributed by atoms with Gasteiger partial charge in [-0.15, -0.1) is 0 Å². The Morgan fingerprint density at radius 1 is 0.217 bits per heavy atom. The average molecular weight is 881 g/mol. The molecule has 0 heterocycles. The molecule has 0 nitrogen and oxygen atoms in total. The molecule has 0 aromatic heterocycles. The van der Waals surface area contributed by atoms with Crippen LogP contribution in [-0.4, -0.2) is 0 Å². The largest absolute Gasteiger partial charge is 0.0619 e. The SMILES string of the molecule is CC1(C)c2ccccc2-c2ccc(-c3ccc4c(-c5ccc6c(c5)C(C)(C)c5cc(-c7ccc8ccccc8c7)ccc5-6)c5ccccc5c(-c5cccc6c5-c5ccccc5C6(C)C)c4c3)cc21. The zero-order chi connectivity index (χ0) is 46.6. The van der Waals surface area contributed by atoms with Gasteiger partial charge in [0, 0.05) is 16.2 Å². The van der Waals surface area contributed by atoms with E-state index >= 15 is 0 Å². The van der Waals surface area contributed by atoms with Crippen molar-refractivity contribution in [1.82, 2.24) is 0 Å². The number of benzene rings is 11. The summed E-state index contributed by atoms with van der Waals surface area (Å²) < 4.78 is 0. The van der Waals surface area contributed by atoms with E-state index in [9.17, 15) is 0 Å². The fourth-order valence-electron chi connectivity index (χ4n) is 13.2. The summed E-state index contributed by atoms with van der Waals surface area (Å²) in [4.78, 5) is 0. The molecule has 0 bridgehead atoms. The van der Waals surface area contributed by atoms with Crippen molar-refractivity contribution in [2.75, 3.05) is 0 Å². The molecular formula is C69H52. The van der Waals surface area contributed by atoms with Crippen molar-refractivity contribution >= 4 is 32.3 Å². The number of fused-ring (bicyclic) bond motifs is 12. The summed E-state index contributed by atoms with van der Waals surface area (Å²) in [6.07, 6.45) is 0. The van der Waals surface area contributed by atoms with E-state index in [4.69, 9.17) is 0 Å². The molecule has 3 aliphatic carbocycles. The van der Waals surface area contributed by atoms with Crippen molar-refractivity contribution in [2.24, 2.45) is 0 Å². The molecule has 0 amide bonds. The topological polar surface area (TPSA) is 0 Å². The quantitative estimate of drug-likeness (QED) is 0.155. The molecule has 11 aromatic carbocycles. The molecule has 0 aliphatic heterocycles. The van der Waals surface area contributed by atoms with E-state index in [2.05, 4.69) is 248 Å². The molecule has 0 atom stereocenters. The van der Waals surface area contributed by atoms with Gasteiger partial charge in [0.15, 0.2) is 0 Å². The lowest BCUT2D eigenvalue weighted by atomic mass is 9.79. The van der Waals surface area contributed by atoms with Crippen molar-refractivity contribution < 1.29 is 0 Å². The summed E-state index contributed by atoms with van der Waals surface area (Å²) in [6.45, 7) is 14.4. The molecule has 3 aliphatic rings. The van der Waals surface area contributed by atoms with Gasteiger partial charge in [-0.3, -0.25) is 0 Å². The highest BCUT2D eigenvalue weighted by atomic mass is 14.4. The van der Waals surface area contributed by atoms with Gasteiger partial charge in [0.05, 0.1) is 0 Å². The Morgan fingerprint density at radius 3 is 1.33 bits per heavy atom. The van der Waals surface area contributed by atoms with E-state index in [0.717, 1.165) is 0 Å². The molecule has 69 heavy (non-hydrogen) atoms. The lowest BCUT2D eigenvalue weighted by molar-refractivity contribution is 0.660. The van der Waals surface area contributed by atoms with Crippen molar-refractivity contribution in [3.05, 3.63) is 240 Å². The van der Waals surface area contributed by atoms with Crippen molar-refractivity contribution in [3.63, 3.8) is 0 Å². The van der Waals surface area contributed by atoms with Gasteiger partial charge in [-0.25, -0.2) is 0 Å². The highest BCUT2D eigenvalue weighted by molar-refractivity contribution is 6.23. The lowest BCUT2D eigenvalue weighted by Crippen LogP contribution is -2.15. The van der Waals surface area contributed by atoms with Crippen molar-refractivity contribution in [2.45, 2.75) is 57.8 Å². The van der Waals surface area contributed by atoms with E-state index in [0.29, 0.717) is 0 Å². The van der Waals surface area contributed by atoms with E-state index < -0.39 is 0 Å². The minimum atomic E-state index is -0.196. The third-order valence-corrected chi connectivity index (χ3v) is 16.9. The molecule has 0 unspecified atom stereocenters. The molecular weight excluding hydrogens is 829 g/mol. The highest BCUT2D eigenvalue weighted by Crippen LogP contribution is 2.57. The lowest BCUT2D eigenvalue weighted by Gasteiger charge is -2.24. The van der Waals surface area contributed by atoms with Crippen LogP contribution in [-0.2, 0) is 16.2 Å². The van der Waals surface area contributed by atoms with Gasteiger partial charge in [0.1, 0.15) is 0 Å². The van der Waals surface area contributed by atoms with Gasteiger partial charge in [0.25, 0.3) is 0 Å². The molecule has 11 aromatic rings. The molecule has 0 saturated carbocycles. The summed E-state index contributed by atoms with van der Waals surface area (Å²) in [5.74, 6) is 0. The standard InChI is InChI=1S/C69H52/c1-67(2)59-24-14-12-21-55(59)66-56(22-15-25-60(66)67)65-53-20-10-9-19-52(53)64(54-35-30-44(37-57(54)65)46-29-32-49-48-18-11-13-23-58(48)68(3,4)61(49)39-46)47-31-34-51-50-33-28-45(38-62(50)69(5,6)63(51)40-47)43-27-26-41-16-7-8-17-42(41)36-43/h7-40H,1-6H3. The Bertz CT molecular complexity index is 4040. The fraction of sp³-hybridized carbons (Fsp3) is 0.130. The molecule has 0 fully saturated rings. The van der Waals surface area contributed by atoms with Crippen LogP contribution in [0.2, 0.25) is 0 Å². The van der Waals surface area contributed by atoms with E-state index in [-0.39, 0.29) is 16.2 Å². The van der Waals surface area contributed by atoms with Crippen LogP contribution in [0, 0.1) is 0 Å². The minimum Gasteiger partial charge on any atom is -0.0619 e. The third kappa shape index (κ3) is 5.58. The van der Waals surface area contributed by atoms with Crippen LogP contribution in [0.1, 0.15) is 74.9 Å². The zero-order valence-corrected chi connectivity index (χ0v) is 40.1. The number of rotatable bonds is 4. The smallest absolute Gasteiger partial charge is 0.0159 e. The predicted molar refractivity (Wildman–Crippen MR) is 293 cm³/mol. The molecule has 0 radical (unpaired) electrons. The molecule has 0 saturated heterocycles. The third-order valence-electron chi connectivity index (χ3n) is 16.9. The summed E-state index contributed by atoms with van der Waals surface area (Å²) in [5, 5.41) is 7.65. The van der Waals surface area contributed by atoms with E-state index in [1.807, 2.05) is 0 Å². The Morgan fingerprint density at radius 2 is 0.638 bits per heavy atom. The van der Waals surface area contributed by atoms with Crippen LogP contribution >= 0.6 is 0 Å². The van der Waals surface area contributed by atoms with Crippen molar-refractivity contribution in [3.8, 4) is 77.9 Å². The Labute approximate surface area is 405 Å². The second-order valence-electron chi connectivity index (χ2n) is 21.6. The van der Waals surface area contributed by atoms with Crippen LogP contribution in [0.25, 0.3) is 110 Å². The van der Waals surface area contributed by atoms with Crippen LogP contribution in [0.5, 0.6) is 0 Å². The second kappa shape index (κ2) is 14.1. The highest BCUT2D eigenvalue weighted by Gasteiger charge is 2.39. The predicted octanol–water partition coefficient (Wildman–Crippen LogP) is 18.7. The number of hydrogen-bond donors (Lipinski definition) is 0. The maximum absolute atomic E-state index is 2.53. The fourth-order valence-corrected chi connectivity index (χ4v) is 13.2. The maximum atomic E-state index is 2.53. The van der Waals surface area contributed by atoms with Crippen LogP contribution in [0.15, 0.2) is 206 Å². The van der Waals surface area contributed by atoms with Gasteiger partial charge in [0.2, 0.25) is 0 Å². The Balaban J connectivity index is 0.993. The first-order chi connectivity index (χ1) is 33.5. The van der Waals surface area contributed by atoms with Gasteiger partial charge >= 0.3 is 0 Å². The molecule has 14 rings (SSSR count). The Hall–Kier alpha value is -7.80. The molecule has 0 spiro atoms. The van der Waals surface area contributed by atoms with Crippen molar-refractivity contribution in [1.29, 1.82) is 0 Å². The monoisotopic (exact) mass is 880 g/mol. The first-order valence-corrected chi connectivity index (χ1v) is 24.7. The van der Waals surface area contributed by atoms with Gasteiger partial charge in [-0.05, 0) is 174 Å². The first kappa shape index (κ1) is 40.3. The molecule has 328 valence electrons. The minimum absolute atomic E-state index is 0.0862. The van der Waals surface area contributed by atoms with E-state index in [1.54, 1.807) is 0 Å².